The van der Waals surface area contributed by atoms with Crippen molar-refractivity contribution >= 4 is 12.1 Å². The Morgan fingerprint density at radius 2 is 2.38 bits per heavy atom. The largest absolute Gasteiger partial charge is 0.450 e. The van der Waals surface area contributed by atoms with E-state index in [9.17, 15) is 9.59 Å². The van der Waals surface area contributed by atoms with Crippen LogP contribution in [0.2, 0.25) is 0 Å². The Bertz CT molecular complexity index is 278. The summed E-state index contributed by atoms with van der Waals surface area (Å²) in [6, 6.07) is -0.348. The fourth-order valence-electron chi connectivity index (χ4n) is 1.22. The lowest BCUT2D eigenvalue weighted by Gasteiger charge is -2.19. The van der Waals surface area contributed by atoms with Crippen LogP contribution in [0, 0.1) is 0 Å². The zero-order valence-electron chi connectivity index (χ0n) is 9.29. The number of amides is 3. The van der Waals surface area contributed by atoms with Gasteiger partial charge in [-0.05, 0) is 12.5 Å². The summed E-state index contributed by atoms with van der Waals surface area (Å²) in [7, 11) is 0. The third kappa shape index (κ3) is 4.68. The molecule has 3 amide bonds. The third-order valence-corrected chi connectivity index (χ3v) is 2.04. The average molecular weight is 227 g/mol. The van der Waals surface area contributed by atoms with E-state index in [2.05, 4.69) is 22.9 Å². The molecule has 6 heteroatoms. The Morgan fingerprint density at radius 3 is 3.06 bits per heavy atom. The van der Waals surface area contributed by atoms with E-state index in [4.69, 9.17) is 4.74 Å². The van der Waals surface area contributed by atoms with Crippen molar-refractivity contribution in [1.82, 2.24) is 16.0 Å². The van der Waals surface area contributed by atoms with Crippen LogP contribution in [0.3, 0.4) is 0 Å². The van der Waals surface area contributed by atoms with Crippen molar-refractivity contribution in [1.29, 1.82) is 0 Å². The lowest BCUT2D eigenvalue weighted by molar-refractivity contribution is 0.140. The number of ether oxygens (including phenoxy) is 1. The summed E-state index contributed by atoms with van der Waals surface area (Å²) < 4.78 is 4.93. The summed E-state index contributed by atoms with van der Waals surface area (Å²) >= 11 is 0. The van der Waals surface area contributed by atoms with Gasteiger partial charge in [-0.2, -0.15) is 0 Å². The van der Waals surface area contributed by atoms with Crippen molar-refractivity contribution in [3.05, 3.63) is 12.3 Å². The first-order valence-corrected chi connectivity index (χ1v) is 5.39. The zero-order chi connectivity index (χ0) is 11.8. The van der Waals surface area contributed by atoms with Crippen LogP contribution in [-0.4, -0.2) is 24.9 Å². The second kappa shape index (κ2) is 6.71. The SMILES string of the molecule is CCCCCOC(=O)NC1C=CNC(=O)N1. The van der Waals surface area contributed by atoms with Crippen molar-refractivity contribution in [3.8, 4) is 0 Å². The second-order valence-corrected chi connectivity index (χ2v) is 3.44. The maximum absolute atomic E-state index is 11.2. The van der Waals surface area contributed by atoms with Crippen LogP contribution in [0.25, 0.3) is 0 Å². The first-order chi connectivity index (χ1) is 7.72. The summed E-state index contributed by atoms with van der Waals surface area (Å²) in [4.78, 5) is 22.1. The monoisotopic (exact) mass is 227 g/mol. The number of hydrogen-bond acceptors (Lipinski definition) is 3. The van der Waals surface area contributed by atoms with E-state index in [1.54, 1.807) is 6.08 Å². The van der Waals surface area contributed by atoms with Crippen molar-refractivity contribution in [2.75, 3.05) is 6.61 Å². The summed E-state index contributed by atoms with van der Waals surface area (Å²) in [6.45, 7) is 2.48. The molecule has 0 radical (unpaired) electrons. The predicted molar refractivity (Wildman–Crippen MR) is 58.6 cm³/mol. The summed E-state index contributed by atoms with van der Waals surface area (Å²) in [6.07, 6.45) is 5.05. The van der Waals surface area contributed by atoms with Gasteiger partial charge in [0.05, 0.1) is 6.61 Å². The molecule has 0 bridgehead atoms. The highest BCUT2D eigenvalue weighted by Gasteiger charge is 2.15. The summed E-state index contributed by atoms with van der Waals surface area (Å²) in [5.74, 6) is 0. The van der Waals surface area contributed by atoms with Gasteiger partial charge in [-0.1, -0.05) is 19.8 Å². The number of hydrogen-bond donors (Lipinski definition) is 3. The van der Waals surface area contributed by atoms with E-state index in [-0.39, 0.29) is 6.03 Å². The molecule has 0 fully saturated rings. The lowest BCUT2D eigenvalue weighted by atomic mass is 10.3. The van der Waals surface area contributed by atoms with Crippen LogP contribution in [-0.2, 0) is 4.74 Å². The van der Waals surface area contributed by atoms with Crippen molar-refractivity contribution in [3.63, 3.8) is 0 Å². The van der Waals surface area contributed by atoms with Gasteiger partial charge in [0.2, 0.25) is 0 Å². The van der Waals surface area contributed by atoms with Gasteiger partial charge in [-0.15, -0.1) is 0 Å². The van der Waals surface area contributed by atoms with E-state index in [0.717, 1.165) is 19.3 Å². The molecule has 6 nitrogen and oxygen atoms in total. The van der Waals surface area contributed by atoms with Crippen LogP contribution in [0.5, 0.6) is 0 Å². The van der Waals surface area contributed by atoms with Gasteiger partial charge in [0.25, 0.3) is 0 Å². The van der Waals surface area contributed by atoms with E-state index in [1.165, 1.54) is 6.20 Å². The summed E-state index contributed by atoms with van der Waals surface area (Å²) in [5, 5.41) is 7.43. The number of nitrogens with one attached hydrogen (secondary N) is 3. The van der Waals surface area contributed by atoms with Crippen LogP contribution in [0.15, 0.2) is 12.3 Å². The first kappa shape index (κ1) is 12.4. The topological polar surface area (TPSA) is 79.5 Å². The number of alkyl carbamates (subject to hydrolysis) is 1. The van der Waals surface area contributed by atoms with E-state index < -0.39 is 12.3 Å². The average Bonchev–Trinajstić information content (AvgIpc) is 2.24. The maximum Gasteiger partial charge on any atom is 0.409 e. The second-order valence-electron chi connectivity index (χ2n) is 3.44. The third-order valence-electron chi connectivity index (χ3n) is 2.04. The number of carbonyl (C=O) groups is 2. The molecular formula is C10H17N3O3. The van der Waals surface area contributed by atoms with Crippen LogP contribution < -0.4 is 16.0 Å². The summed E-state index contributed by atoms with van der Waals surface area (Å²) in [5.41, 5.74) is 0. The maximum atomic E-state index is 11.2. The van der Waals surface area contributed by atoms with E-state index >= 15 is 0 Å². The van der Waals surface area contributed by atoms with Gasteiger partial charge < -0.3 is 15.4 Å². The number of urea groups is 1. The molecule has 1 atom stereocenters. The van der Waals surface area contributed by atoms with Crippen molar-refractivity contribution in [2.24, 2.45) is 0 Å². The van der Waals surface area contributed by atoms with Gasteiger partial charge in [0.15, 0.2) is 0 Å². The molecule has 1 aliphatic rings. The van der Waals surface area contributed by atoms with Crippen molar-refractivity contribution < 1.29 is 14.3 Å². The quantitative estimate of drug-likeness (QED) is 0.614. The van der Waals surface area contributed by atoms with Gasteiger partial charge in [-0.3, -0.25) is 5.32 Å². The minimum Gasteiger partial charge on any atom is -0.450 e. The normalized spacial score (nSPS) is 18.6. The Kier molecular flexibility index (Phi) is 5.18. The molecule has 0 aliphatic carbocycles. The molecule has 0 saturated carbocycles. The molecule has 90 valence electrons. The minimum absolute atomic E-state index is 0.348. The molecule has 1 rings (SSSR count). The molecule has 3 N–H and O–H groups in total. The van der Waals surface area contributed by atoms with Gasteiger partial charge in [-0.25, -0.2) is 9.59 Å². The minimum atomic E-state index is -0.520. The van der Waals surface area contributed by atoms with Crippen LogP contribution in [0.4, 0.5) is 9.59 Å². The Morgan fingerprint density at radius 1 is 1.56 bits per heavy atom. The highest BCUT2D eigenvalue weighted by Crippen LogP contribution is 1.95. The lowest BCUT2D eigenvalue weighted by Crippen LogP contribution is -2.52. The smallest absolute Gasteiger partial charge is 0.409 e. The zero-order valence-corrected chi connectivity index (χ0v) is 9.29. The van der Waals surface area contributed by atoms with Gasteiger partial charge in [0, 0.05) is 6.20 Å². The molecule has 1 unspecified atom stereocenters. The molecule has 0 aromatic rings. The number of unbranched alkanes of at least 4 members (excludes halogenated alkanes) is 2. The Hall–Kier alpha value is -1.72. The molecule has 0 aromatic carbocycles. The number of carbonyl (C=O) groups excluding carboxylic acids is 2. The standard InChI is InChI=1S/C10H17N3O3/c1-2-3-4-7-16-10(15)13-8-5-6-11-9(14)12-8/h5-6,8H,2-4,7H2,1H3,(H,13,15)(H2,11,12,14). The molecule has 16 heavy (non-hydrogen) atoms. The molecule has 0 saturated heterocycles. The fourth-order valence-corrected chi connectivity index (χ4v) is 1.22. The molecule has 1 heterocycles. The highest BCUT2D eigenvalue weighted by molar-refractivity contribution is 5.77. The molecule has 0 spiro atoms. The number of rotatable bonds is 5. The fraction of sp³-hybridized carbons (Fsp3) is 0.600. The highest BCUT2D eigenvalue weighted by atomic mass is 16.5. The van der Waals surface area contributed by atoms with Crippen molar-refractivity contribution in [2.45, 2.75) is 32.4 Å². The van der Waals surface area contributed by atoms with Gasteiger partial charge in [0.1, 0.15) is 6.17 Å². The first-order valence-electron chi connectivity index (χ1n) is 5.39. The van der Waals surface area contributed by atoms with E-state index in [1.807, 2.05) is 0 Å². The molecular weight excluding hydrogens is 210 g/mol. The Labute approximate surface area is 94.4 Å². The van der Waals surface area contributed by atoms with Gasteiger partial charge >= 0.3 is 12.1 Å². The Balaban J connectivity index is 2.16. The van der Waals surface area contributed by atoms with Crippen LogP contribution >= 0.6 is 0 Å². The predicted octanol–water partition coefficient (Wildman–Crippen LogP) is 1.06. The van der Waals surface area contributed by atoms with E-state index in [0.29, 0.717) is 6.61 Å². The molecule has 0 aromatic heterocycles. The van der Waals surface area contributed by atoms with Crippen LogP contribution in [0.1, 0.15) is 26.2 Å². The molecule has 1 aliphatic heterocycles.